The van der Waals surface area contributed by atoms with Crippen molar-refractivity contribution in [1.82, 2.24) is 14.8 Å². The number of hydrogen-bond acceptors (Lipinski definition) is 5. The number of halogens is 1. The van der Waals surface area contributed by atoms with Gasteiger partial charge in [0.15, 0.2) is 5.16 Å². The maximum Gasteiger partial charge on any atom is 0.288 e. The van der Waals surface area contributed by atoms with Crippen molar-refractivity contribution in [2.45, 2.75) is 10.9 Å². The predicted molar refractivity (Wildman–Crippen MR) is 68.7 cm³/mol. The highest BCUT2D eigenvalue weighted by Gasteiger charge is 2.13. The van der Waals surface area contributed by atoms with E-state index in [1.807, 2.05) is 0 Å². The van der Waals surface area contributed by atoms with Gasteiger partial charge in [-0.1, -0.05) is 29.4 Å². The van der Waals surface area contributed by atoms with Crippen molar-refractivity contribution < 1.29 is 4.92 Å². The Kier molecular flexibility index (Phi) is 3.83. The molecule has 1 aromatic heterocycles. The fourth-order valence-corrected chi connectivity index (χ4v) is 2.37. The average Bonchev–Trinajstić information content (AvgIpc) is 2.73. The van der Waals surface area contributed by atoms with Crippen LogP contribution in [0.3, 0.4) is 0 Å². The highest BCUT2D eigenvalue weighted by molar-refractivity contribution is 7.98. The molecule has 0 atom stereocenters. The second-order valence-corrected chi connectivity index (χ2v) is 4.85. The molecule has 1 aromatic carbocycles. The first-order chi connectivity index (χ1) is 8.58. The van der Waals surface area contributed by atoms with E-state index in [4.69, 9.17) is 11.6 Å². The number of thioether (sulfide) groups is 1. The predicted octanol–water partition coefficient (Wildman–Crippen LogP) is 2.67. The molecule has 0 saturated heterocycles. The van der Waals surface area contributed by atoms with Crippen LogP contribution in [0.4, 0.5) is 5.69 Å². The molecule has 18 heavy (non-hydrogen) atoms. The number of aromatic nitrogens is 3. The fraction of sp³-hybridized carbons (Fsp3) is 0.200. The average molecular weight is 285 g/mol. The van der Waals surface area contributed by atoms with E-state index in [0.29, 0.717) is 5.75 Å². The summed E-state index contributed by atoms with van der Waals surface area (Å²) in [5.74, 6) is 0.574. The number of hydrogen-bond donors (Lipinski definition) is 0. The summed E-state index contributed by atoms with van der Waals surface area (Å²) in [6.07, 6.45) is 1.46. The SMILES string of the molecule is Cn1ncnc1SCc1ccc(Cl)c([N+](=O)[O-])c1. The molecule has 0 saturated carbocycles. The van der Waals surface area contributed by atoms with Crippen LogP contribution in [0, 0.1) is 10.1 Å². The molecule has 0 spiro atoms. The van der Waals surface area contributed by atoms with Crippen LogP contribution < -0.4 is 0 Å². The Morgan fingerprint density at radius 1 is 1.56 bits per heavy atom. The van der Waals surface area contributed by atoms with E-state index in [-0.39, 0.29) is 10.7 Å². The Bertz CT molecular complexity index is 587. The molecule has 2 rings (SSSR count). The minimum absolute atomic E-state index is 0.0762. The van der Waals surface area contributed by atoms with Crippen LogP contribution in [-0.2, 0) is 12.8 Å². The third-order valence-electron chi connectivity index (χ3n) is 2.25. The first kappa shape index (κ1) is 12.8. The van der Waals surface area contributed by atoms with E-state index in [9.17, 15) is 10.1 Å². The van der Waals surface area contributed by atoms with Crippen LogP contribution in [0.15, 0.2) is 29.7 Å². The molecule has 0 radical (unpaired) electrons. The lowest BCUT2D eigenvalue weighted by Crippen LogP contribution is -1.94. The van der Waals surface area contributed by atoms with Gasteiger partial charge in [-0.25, -0.2) is 9.67 Å². The Hall–Kier alpha value is -1.60. The summed E-state index contributed by atoms with van der Waals surface area (Å²) in [6, 6.07) is 4.77. The largest absolute Gasteiger partial charge is 0.288 e. The maximum atomic E-state index is 10.7. The van der Waals surface area contributed by atoms with Crippen molar-refractivity contribution in [2.24, 2.45) is 7.05 Å². The molecule has 0 N–H and O–H groups in total. The zero-order chi connectivity index (χ0) is 13.1. The third kappa shape index (κ3) is 2.80. The van der Waals surface area contributed by atoms with Crippen LogP contribution >= 0.6 is 23.4 Å². The first-order valence-corrected chi connectivity index (χ1v) is 6.34. The lowest BCUT2D eigenvalue weighted by atomic mass is 10.2. The minimum Gasteiger partial charge on any atom is -0.258 e. The third-order valence-corrected chi connectivity index (χ3v) is 3.67. The number of nitro benzene ring substituents is 1. The molecule has 94 valence electrons. The molecule has 2 aromatic rings. The van der Waals surface area contributed by atoms with E-state index in [2.05, 4.69) is 10.1 Å². The molecule has 6 nitrogen and oxygen atoms in total. The van der Waals surface area contributed by atoms with Gasteiger partial charge in [0.2, 0.25) is 0 Å². The van der Waals surface area contributed by atoms with Crippen molar-refractivity contribution >= 4 is 29.1 Å². The van der Waals surface area contributed by atoms with Gasteiger partial charge in [-0.2, -0.15) is 5.10 Å². The van der Waals surface area contributed by atoms with E-state index in [0.717, 1.165) is 10.7 Å². The van der Waals surface area contributed by atoms with E-state index < -0.39 is 4.92 Å². The molecule has 1 heterocycles. The number of nitrogens with zero attached hydrogens (tertiary/aromatic N) is 4. The summed E-state index contributed by atoms with van der Waals surface area (Å²) in [5.41, 5.74) is 0.742. The summed E-state index contributed by atoms with van der Waals surface area (Å²) in [5, 5.41) is 15.6. The lowest BCUT2D eigenvalue weighted by Gasteiger charge is -2.02. The second-order valence-electron chi connectivity index (χ2n) is 3.50. The monoisotopic (exact) mass is 284 g/mol. The van der Waals surface area contributed by atoms with Crippen molar-refractivity contribution in [2.75, 3.05) is 0 Å². The number of rotatable bonds is 4. The molecule has 0 fully saturated rings. The first-order valence-electron chi connectivity index (χ1n) is 4.97. The van der Waals surface area contributed by atoms with Crippen LogP contribution in [0.2, 0.25) is 5.02 Å². The Morgan fingerprint density at radius 2 is 2.33 bits per heavy atom. The fourth-order valence-electron chi connectivity index (χ4n) is 1.35. The molecule has 0 aliphatic carbocycles. The normalized spacial score (nSPS) is 10.6. The van der Waals surface area contributed by atoms with Gasteiger partial charge in [0.05, 0.1) is 4.92 Å². The molecule has 0 bridgehead atoms. The van der Waals surface area contributed by atoms with Gasteiger partial charge < -0.3 is 0 Å². The highest BCUT2D eigenvalue weighted by atomic mass is 35.5. The van der Waals surface area contributed by atoms with Crippen molar-refractivity contribution in [3.63, 3.8) is 0 Å². The summed E-state index contributed by atoms with van der Waals surface area (Å²) in [4.78, 5) is 14.3. The molecule has 0 amide bonds. The van der Waals surface area contributed by atoms with E-state index in [1.54, 1.807) is 17.8 Å². The Labute approximate surface area is 112 Å². The number of nitro groups is 1. The second kappa shape index (κ2) is 5.36. The number of aryl methyl sites for hydroxylation is 1. The van der Waals surface area contributed by atoms with Gasteiger partial charge >= 0.3 is 0 Å². The molecular formula is C10H9ClN4O2S. The maximum absolute atomic E-state index is 10.7. The van der Waals surface area contributed by atoms with Gasteiger partial charge in [0, 0.05) is 18.9 Å². The van der Waals surface area contributed by atoms with Crippen LogP contribution in [0.5, 0.6) is 0 Å². The topological polar surface area (TPSA) is 73.8 Å². The molecule has 0 aliphatic heterocycles. The summed E-state index contributed by atoms with van der Waals surface area (Å²) >= 11 is 7.20. The summed E-state index contributed by atoms with van der Waals surface area (Å²) < 4.78 is 1.65. The van der Waals surface area contributed by atoms with Gasteiger partial charge in [-0.15, -0.1) is 0 Å². The lowest BCUT2D eigenvalue weighted by molar-refractivity contribution is -0.384. The standard InChI is InChI=1S/C10H9ClN4O2S/c1-14-10(12-6-13-14)18-5-7-2-3-8(11)9(4-7)15(16)17/h2-4,6H,5H2,1H3. The van der Waals surface area contributed by atoms with Crippen molar-refractivity contribution in [3.8, 4) is 0 Å². The Morgan fingerprint density at radius 3 is 2.94 bits per heavy atom. The Balaban J connectivity index is 2.13. The molecular weight excluding hydrogens is 276 g/mol. The minimum atomic E-state index is -0.487. The summed E-state index contributed by atoms with van der Waals surface area (Å²) in [6.45, 7) is 0. The van der Waals surface area contributed by atoms with E-state index >= 15 is 0 Å². The summed E-state index contributed by atoms with van der Waals surface area (Å²) in [7, 11) is 1.79. The van der Waals surface area contributed by atoms with Crippen molar-refractivity contribution in [3.05, 3.63) is 45.2 Å². The van der Waals surface area contributed by atoms with Gasteiger partial charge in [-0.05, 0) is 11.6 Å². The van der Waals surface area contributed by atoms with Gasteiger partial charge in [-0.3, -0.25) is 10.1 Å². The highest BCUT2D eigenvalue weighted by Crippen LogP contribution is 2.28. The van der Waals surface area contributed by atoms with Crippen LogP contribution in [0.1, 0.15) is 5.56 Å². The van der Waals surface area contributed by atoms with Gasteiger partial charge in [0.25, 0.3) is 5.69 Å². The zero-order valence-electron chi connectivity index (χ0n) is 9.41. The zero-order valence-corrected chi connectivity index (χ0v) is 11.0. The van der Waals surface area contributed by atoms with Crippen molar-refractivity contribution in [1.29, 1.82) is 0 Å². The smallest absolute Gasteiger partial charge is 0.258 e. The van der Waals surface area contributed by atoms with Gasteiger partial charge in [0.1, 0.15) is 11.3 Å². The van der Waals surface area contributed by atoms with E-state index in [1.165, 1.54) is 30.2 Å². The number of benzene rings is 1. The molecule has 0 aliphatic rings. The van der Waals surface area contributed by atoms with Crippen LogP contribution in [0.25, 0.3) is 0 Å². The molecule has 8 heteroatoms. The molecule has 0 unspecified atom stereocenters. The van der Waals surface area contributed by atoms with Crippen LogP contribution in [-0.4, -0.2) is 19.7 Å². The quantitative estimate of drug-likeness (QED) is 0.490.